The molecule has 12 nitrogen and oxygen atoms in total. The van der Waals surface area contributed by atoms with Gasteiger partial charge in [-0.05, 0) is 76.4 Å². The van der Waals surface area contributed by atoms with Crippen molar-refractivity contribution in [3.05, 3.63) is 47.6 Å². The van der Waals surface area contributed by atoms with Crippen LogP contribution < -0.4 is 10.9 Å². The van der Waals surface area contributed by atoms with E-state index in [1.54, 1.807) is 0 Å². The summed E-state index contributed by atoms with van der Waals surface area (Å²) in [6, 6.07) is 0. The Bertz CT molecular complexity index is 1240. The first-order valence-electron chi connectivity index (χ1n) is 15.3. The Morgan fingerprint density at radius 2 is 1.20 bits per heavy atom. The Balaban J connectivity index is 0.949. The van der Waals surface area contributed by atoms with Gasteiger partial charge in [0.25, 0.3) is 0 Å². The van der Waals surface area contributed by atoms with Crippen LogP contribution in [-0.4, -0.2) is 73.0 Å². The zero-order chi connectivity index (χ0) is 31.2. The summed E-state index contributed by atoms with van der Waals surface area (Å²) in [7, 11) is 0. The zero-order valence-corrected chi connectivity index (χ0v) is 25.2. The summed E-state index contributed by atoms with van der Waals surface area (Å²) in [6.45, 7) is 11.9. The van der Waals surface area contributed by atoms with Crippen molar-refractivity contribution in [2.24, 2.45) is 11.8 Å². The number of ether oxygens (including phenoxy) is 6. The molecule has 0 spiro atoms. The third-order valence-corrected chi connectivity index (χ3v) is 9.92. The molecule has 0 aromatic heterocycles. The minimum absolute atomic E-state index is 0.0261. The second-order valence-electron chi connectivity index (χ2n) is 13.0. The SMILES string of the molecule is C=C1C(=O)O[C@@H]2[C@@H]1CC/C(COC(=O)NNC(=O)OC/C1=C/CC[C@@]3(C)O[C@H]3[C@H]3OC(=O)C(=C)[C@@H]3CC1)=C\CC[C@]1(C)O[C@H]21. The normalized spacial score (nSPS) is 40.1. The van der Waals surface area contributed by atoms with Crippen LogP contribution in [0.2, 0.25) is 0 Å². The van der Waals surface area contributed by atoms with E-state index in [4.69, 9.17) is 28.4 Å². The number of esters is 2. The molecule has 44 heavy (non-hydrogen) atoms. The molecule has 6 aliphatic rings. The Morgan fingerprint density at radius 1 is 0.795 bits per heavy atom. The summed E-state index contributed by atoms with van der Waals surface area (Å²) in [5, 5.41) is 0. The standard InChI is InChI=1S/C32H40N2O10/c1-17-21-11-9-19(7-5-13-31(3)25(43-31)23(21)41-27(17)35)15-39-29(37)33-34-30(38)40-16-20-8-6-14-32(4)26(44-32)24-22(12-10-20)18(2)28(36)42-24/h7-8,21-26H,1-2,5-6,9-16H2,3-4H3,(H,33,37)(H,34,38)/b19-7+,20-8+/t21-,22+,23-,24+,25-,26+,31+,32-. The molecule has 4 saturated heterocycles. The molecule has 2 aliphatic carbocycles. The lowest BCUT2D eigenvalue weighted by molar-refractivity contribution is -0.140. The summed E-state index contributed by atoms with van der Waals surface area (Å²) in [4.78, 5) is 49.0. The third kappa shape index (κ3) is 6.14. The Labute approximate surface area is 256 Å². The Hall–Kier alpha value is -3.64. The molecule has 0 unspecified atom stereocenters. The molecule has 12 heteroatoms. The van der Waals surface area contributed by atoms with Crippen LogP contribution in [-0.2, 0) is 38.0 Å². The van der Waals surface area contributed by atoms with Crippen molar-refractivity contribution >= 4 is 24.1 Å². The van der Waals surface area contributed by atoms with Crippen LogP contribution in [0.1, 0.15) is 65.2 Å². The predicted molar refractivity (Wildman–Crippen MR) is 154 cm³/mol. The number of fused-ring (bicyclic) bond motifs is 6. The molecule has 8 atom stereocenters. The maximum atomic E-state index is 12.3. The Kier molecular flexibility index (Phi) is 8.08. The minimum Gasteiger partial charge on any atom is -0.455 e. The molecule has 4 heterocycles. The molecule has 0 bridgehead atoms. The summed E-state index contributed by atoms with van der Waals surface area (Å²) >= 11 is 0. The minimum atomic E-state index is -0.834. The van der Waals surface area contributed by atoms with Crippen molar-refractivity contribution in [2.75, 3.05) is 13.2 Å². The molecule has 4 aliphatic heterocycles. The maximum absolute atomic E-state index is 12.3. The topological polar surface area (TPSA) is 154 Å². The average Bonchev–Trinajstić information content (AvgIpc) is 3.80. The number of rotatable bonds is 4. The van der Waals surface area contributed by atoms with E-state index in [2.05, 4.69) is 24.0 Å². The van der Waals surface area contributed by atoms with Gasteiger partial charge in [0.15, 0.2) is 0 Å². The quantitative estimate of drug-likeness (QED) is 0.119. The van der Waals surface area contributed by atoms with Gasteiger partial charge in [0, 0.05) is 23.0 Å². The van der Waals surface area contributed by atoms with Gasteiger partial charge < -0.3 is 28.4 Å². The third-order valence-electron chi connectivity index (χ3n) is 9.92. The van der Waals surface area contributed by atoms with Crippen molar-refractivity contribution in [1.82, 2.24) is 10.9 Å². The van der Waals surface area contributed by atoms with Crippen LogP contribution in [0.25, 0.3) is 0 Å². The summed E-state index contributed by atoms with van der Waals surface area (Å²) in [5.74, 6) is -1.07. The number of carbonyl (C=O) groups excluding carboxylic acids is 4. The van der Waals surface area contributed by atoms with Gasteiger partial charge >= 0.3 is 24.1 Å². The molecule has 0 aromatic carbocycles. The van der Waals surface area contributed by atoms with Crippen molar-refractivity contribution < 1.29 is 47.6 Å². The van der Waals surface area contributed by atoms with Gasteiger partial charge in [0.05, 0.1) is 11.2 Å². The smallest absolute Gasteiger partial charge is 0.426 e. The van der Waals surface area contributed by atoms with E-state index in [1.165, 1.54) is 0 Å². The maximum Gasteiger partial charge on any atom is 0.426 e. The van der Waals surface area contributed by atoms with Gasteiger partial charge in [-0.1, -0.05) is 25.3 Å². The van der Waals surface area contributed by atoms with E-state index < -0.39 is 12.2 Å². The first kappa shape index (κ1) is 30.4. The average molecular weight is 613 g/mol. The molecule has 238 valence electrons. The molecule has 2 amide bonds. The highest BCUT2D eigenvalue weighted by molar-refractivity contribution is 5.91. The number of carbonyl (C=O) groups is 4. The second kappa shape index (κ2) is 11.7. The summed E-state index contributed by atoms with van der Waals surface area (Å²) in [5.41, 5.74) is 6.42. The van der Waals surface area contributed by atoms with E-state index in [1.807, 2.05) is 26.0 Å². The van der Waals surface area contributed by atoms with Gasteiger partial charge in [-0.2, -0.15) is 0 Å². The largest absolute Gasteiger partial charge is 0.455 e. The first-order chi connectivity index (χ1) is 21.0. The highest BCUT2D eigenvalue weighted by Gasteiger charge is 2.62. The highest BCUT2D eigenvalue weighted by atomic mass is 16.7. The fourth-order valence-corrected chi connectivity index (χ4v) is 6.99. The molecule has 4 fully saturated rings. The van der Waals surface area contributed by atoms with Gasteiger partial charge in [-0.3, -0.25) is 0 Å². The number of hydrazine groups is 1. The molecule has 0 aromatic rings. The number of hydrogen-bond acceptors (Lipinski definition) is 10. The van der Waals surface area contributed by atoms with Crippen LogP contribution in [0, 0.1) is 11.8 Å². The van der Waals surface area contributed by atoms with Crippen LogP contribution in [0.3, 0.4) is 0 Å². The molecular weight excluding hydrogens is 572 g/mol. The first-order valence-corrected chi connectivity index (χ1v) is 15.3. The predicted octanol–water partition coefficient (Wildman–Crippen LogP) is 3.87. The van der Waals surface area contributed by atoms with Gasteiger partial charge in [-0.25, -0.2) is 30.0 Å². The monoisotopic (exact) mass is 612 g/mol. The van der Waals surface area contributed by atoms with Gasteiger partial charge in [0.1, 0.15) is 37.6 Å². The van der Waals surface area contributed by atoms with Crippen molar-refractivity contribution in [1.29, 1.82) is 0 Å². The molecule has 0 radical (unpaired) electrons. The Morgan fingerprint density at radius 3 is 1.61 bits per heavy atom. The second-order valence-corrected chi connectivity index (χ2v) is 13.0. The fourth-order valence-electron chi connectivity index (χ4n) is 6.99. The lowest BCUT2D eigenvalue weighted by Gasteiger charge is -2.20. The molecular formula is C32H40N2O10. The summed E-state index contributed by atoms with van der Waals surface area (Å²) in [6.07, 6.45) is 6.86. The molecule has 6 rings (SSSR count). The van der Waals surface area contributed by atoms with Crippen LogP contribution >= 0.6 is 0 Å². The van der Waals surface area contributed by atoms with E-state index >= 15 is 0 Å². The number of allylic oxidation sites excluding steroid dienone is 2. The van der Waals surface area contributed by atoms with Crippen molar-refractivity contribution in [3.8, 4) is 0 Å². The van der Waals surface area contributed by atoms with Crippen LogP contribution in [0.4, 0.5) is 9.59 Å². The van der Waals surface area contributed by atoms with E-state index in [0.29, 0.717) is 36.8 Å². The van der Waals surface area contributed by atoms with Crippen LogP contribution in [0.5, 0.6) is 0 Å². The van der Waals surface area contributed by atoms with Crippen molar-refractivity contribution in [2.45, 2.75) is 101 Å². The van der Waals surface area contributed by atoms with E-state index in [0.717, 1.165) is 36.8 Å². The number of hydrogen-bond donors (Lipinski definition) is 2. The van der Waals surface area contributed by atoms with Crippen LogP contribution in [0.15, 0.2) is 47.6 Å². The molecule has 0 saturated carbocycles. The highest BCUT2D eigenvalue weighted by Crippen LogP contribution is 2.51. The zero-order valence-electron chi connectivity index (χ0n) is 25.2. The lowest BCUT2D eigenvalue weighted by atomic mass is 9.84. The van der Waals surface area contributed by atoms with E-state index in [9.17, 15) is 19.2 Å². The van der Waals surface area contributed by atoms with Gasteiger partial charge in [0.2, 0.25) is 0 Å². The fraction of sp³-hybridized carbons (Fsp3) is 0.625. The molecule has 2 N–H and O–H groups in total. The summed E-state index contributed by atoms with van der Waals surface area (Å²) < 4.78 is 33.7. The number of nitrogens with one attached hydrogen (secondary N) is 2. The van der Waals surface area contributed by atoms with Crippen molar-refractivity contribution in [3.63, 3.8) is 0 Å². The number of epoxide rings is 2. The lowest BCUT2D eigenvalue weighted by Crippen LogP contribution is -2.42. The van der Waals surface area contributed by atoms with Gasteiger partial charge in [-0.15, -0.1) is 0 Å². The number of amides is 2. The van der Waals surface area contributed by atoms with E-state index in [-0.39, 0.29) is 72.6 Å².